The highest BCUT2D eigenvalue weighted by atomic mass is 16.4. The van der Waals surface area contributed by atoms with Gasteiger partial charge in [0.2, 0.25) is 0 Å². The maximum atomic E-state index is 11.5. The summed E-state index contributed by atoms with van der Waals surface area (Å²) < 4.78 is 0. The van der Waals surface area contributed by atoms with Crippen LogP contribution in [0.2, 0.25) is 0 Å². The Morgan fingerprint density at radius 2 is 2.08 bits per heavy atom. The minimum Gasteiger partial charge on any atom is -0.508 e. The van der Waals surface area contributed by atoms with Gasteiger partial charge in [-0.3, -0.25) is 4.79 Å². The fourth-order valence-corrected chi connectivity index (χ4v) is 6.17. The third-order valence-electron chi connectivity index (χ3n) is 7.27. The molecule has 2 fully saturated rings. The number of phenols is 1. The number of aliphatic hydroxyl groups excluding tert-OH is 1. The number of fused-ring (bicyclic) bond motifs is 5. The van der Waals surface area contributed by atoms with Crippen molar-refractivity contribution in [2.24, 2.45) is 23.2 Å². The molecule has 4 heteroatoms. The average Bonchev–Trinajstić information content (AvgIpc) is 2.82. The summed E-state index contributed by atoms with van der Waals surface area (Å²) in [6, 6.07) is 5.61. The van der Waals surface area contributed by atoms with E-state index < -0.39 is 5.97 Å². The molecule has 0 amide bonds. The predicted molar refractivity (Wildman–Crippen MR) is 89.9 cm³/mol. The van der Waals surface area contributed by atoms with Crippen LogP contribution in [0.15, 0.2) is 18.2 Å². The van der Waals surface area contributed by atoms with E-state index in [1.165, 1.54) is 5.56 Å². The second kappa shape index (κ2) is 5.48. The molecule has 0 unspecified atom stereocenters. The SMILES string of the molecule is C[C@]12CC[C@@H]3c4ccc(O)cc4C[C@@H](CC(=O)O)[C@H]3[C@@H]1CC[C@@H]2O. The Bertz CT molecular complexity index is 670. The highest BCUT2D eigenvalue weighted by Crippen LogP contribution is 2.62. The first-order chi connectivity index (χ1) is 11.4. The molecule has 3 aliphatic carbocycles. The van der Waals surface area contributed by atoms with E-state index in [0.717, 1.165) is 37.7 Å². The normalized spacial score (nSPS) is 40.5. The van der Waals surface area contributed by atoms with Crippen LogP contribution in [0.3, 0.4) is 0 Å². The Morgan fingerprint density at radius 3 is 2.83 bits per heavy atom. The van der Waals surface area contributed by atoms with Crippen molar-refractivity contribution < 1.29 is 20.1 Å². The molecular formula is C20H26O4. The van der Waals surface area contributed by atoms with E-state index in [4.69, 9.17) is 0 Å². The molecule has 0 spiro atoms. The molecule has 2 saturated carbocycles. The van der Waals surface area contributed by atoms with Crippen LogP contribution in [0, 0.1) is 23.2 Å². The van der Waals surface area contributed by atoms with E-state index in [0.29, 0.717) is 17.8 Å². The Hall–Kier alpha value is -1.55. The monoisotopic (exact) mass is 330 g/mol. The van der Waals surface area contributed by atoms with Crippen molar-refractivity contribution in [3.8, 4) is 5.75 Å². The van der Waals surface area contributed by atoms with Gasteiger partial charge < -0.3 is 15.3 Å². The molecule has 24 heavy (non-hydrogen) atoms. The fraction of sp³-hybridized carbons (Fsp3) is 0.650. The first-order valence-electron chi connectivity index (χ1n) is 9.12. The first-order valence-corrected chi connectivity index (χ1v) is 9.12. The number of benzene rings is 1. The van der Waals surface area contributed by atoms with Crippen molar-refractivity contribution in [1.82, 2.24) is 0 Å². The maximum Gasteiger partial charge on any atom is 0.303 e. The lowest BCUT2D eigenvalue weighted by Crippen LogP contribution is -2.47. The van der Waals surface area contributed by atoms with Crippen LogP contribution in [0.1, 0.15) is 56.1 Å². The molecule has 130 valence electrons. The summed E-state index contributed by atoms with van der Waals surface area (Å²) >= 11 is 0. The Morgan fingerprint density at radius 1 is 1.29 bits per heavy atom. The van der Waals surface area contributed by atoms with Crippen molar-refractivity contribution in [2.75, 3.05) is 0 Å². The summed E-state index contributed by atoms with van der Waals surface area (Å²) in [6.45, 7) is 2.20. The molecule has 4 nitrogen and oxygen atoms in total. The van der Waals surface area contributed by atoms with Crippen LogP contribution in [-0.2, 0) is 11.2 Å². The molecule has 3 N–H and O–H groups in total. The molecule has 1 aromatic carbocycles. The molecule has 1 aromatic rings. The summed E-state index contributed by atoms with van der Waals surface area (Å²) in [5.74, 6) is 0.705. The second-order valence-electron chi connectivity index (χ2n) is 8.37. The van der Waals surface area contributed by atoms with Gasteiger partial charge in [-0.25, -0.2) is 0 Å². The highest BCUT2D eigenvalue weighted by Gasteiger charge is 2.56. The lowest BCUT2D eigenvalue weighted by atomic mass is 9.52. The predicted octanol–water partition coefficient (Wildman–Crippen LogP) is 3.31. The molecule has 0 saturated heterocycles. The molecule has 4 rings (SSSR count). The molecule has 0 aromatic heterocycles. The first kappa shape index (κ1) is 15.9. The number of aliphatic hydroxyl groups is 1. The minimum absolute atomic E-state index is 0.0632. The number of phenolic OH excluding ortho intramolecular Hbond substituents is 1. The summed E-state index contributed by atoms with van der Waals surface area (Å²) in [6.07, 6.45) is 4.49. The third-order valence-corrected chi connectivity index (χ3v) is 7.27. The van der Waals surface area contributed by atoms with Gasteiger partial charge in [0.1, 0.15) is 5.75 Å². The fourth-order valence-electron chi connectivity index (χ4n) is 6.17. The van der Waals surface area contributed by atoms with E-state index in [2.05, 4.69) is 6.92 Å². The number of carbonyl (C=O) groups is 1. The van der Waals surface area contributed by atoms with Crippen LogP contribution < -0.4 is 0 Å². The van der Waals surface area contributed by atoms with Gasteiger partial charge in [-0.2, -0.15) is 0 Å². The molecule has 0 heterocycles. The molecule has 3 aliphatic rings. The second-order valence-corrected chi connectivity index (χ2v) is 8.37. The number of aliphatic carboxylic acids is 1. The van der Waals surface area contributed by atoms with Gasteiger partial charge in [-0.1, -0.05) is 13.0 Å². The van der Waals surface area contributed by atoms with Crippen molar-refractivity contribution in [2.45, 2.75) is 57.5 Å². The highest BCUT2D eigenvalue weighted by molar-refractivity contribution is 5.67. The zero-order valence-corrected chi connectivity index (χ0v) is 14.1. The number of hydrogen-bond donors (Lipinski definition) is 3. The smallest absolute Gasteiger partial charge is 0.303 e. The van der Waals surface area contributed by atoms with E-state index >= 15 is 0 Å². The average molecular weight is 330 g/mol. The summed E-state index contributed by atoms with van der Waals surface area (Å²) in [5, 5.41) is 29.8. The largest absolute Gasteiger partial charge is 0.508 e. The Balaban J connectivity index is 1.77. The topological polar surface area (TPSA) is 77.8 Å². The van der Waals surface area contributed by atoms with Gasteiger partial charge in [-0.05, 0) is 84.5 Å². The van der Waals surface area contributed by atoms with Crippen LogP contribution in [0.5, 0.6) is 5.75 Å². The van der Waals surface area contributed by atoms with Crippen molar-refractivity contribution in [1.29, 1.82) is 0 Å². The summed E-state index contributed by atoms with van der Waals surface area (Å²) in [4.78, 5) is 11.5. The number of hydrogen-bond acceptors (Lipinski definition) is 3. The zero-order chi connectivity index (χ0) is 17.1. The van der Waals surface area contributed by atoms with Gasteiger partial charge in [0.15, 0.2) is 0 Å². The molecule has 6 atom stereocenters. The number of aromatic hydroxyl groups is 1. The van der Waals surface area contributed by atoms with Crippen LogP contribution >= 0.6 is 0 Å². The summed E-state index contributed by atoms with van der Waals surface area (Å²) in [7, 11) is 0. The van der Waals surface area contributed by atoms with Crippen LogP contribution in [-0.4, -0.2) is 27.4 Å². The summed E-state index contributed by atoms with van der Waals surface area (Å²) in [5.41, 5.74) is 2.35. The standard InChI is InChI=1S/C20H26O4/c1-20-7-6-15-14-3-2-13(21)9-11(14)8-12(10-18(23)24)19(15)16(20)4-5-17(20)22/h2-3,9,12,15-17,19,21-22H,4-8,10H2,1H3,(H,23,24)/t12-,15+,16-,17-,19+,20-/m0/s1. The third kappa shape index (κ3) is 2.26. The van der Waals surface area contributed by atoms with Gasteiger partial charge in [0.05, 0.1) is 6.10 Å². The lowest BCUT2D eigenvalue weighted by molar-refractivity contribution is -0.139. The Labute approximate surface area is 142 Å². The van der Waals surface area contributed by atoms with Gasteiger partial charge in [0.25, 0.3) is 0 Å². The van der Waals surface area contributed by atoms with Crippen LogP contribution in [0.4, 0.5) is 0 Å². The van der Waals surface area contributed by atoms with E-state index in [1.54, 1.807) is 6.07 Å². The van der Waals surface area contributed by atoms with Gasteiger partial charge in [0, 0.05) is 6.42 Å². The minimum atomic E-state index is -0.742. The molecule has 0 aliphatic heterocycles. The van der Waals surface area contributed by atoms with Crippen molar-refractivity contribution in [3.63, 3.8) is 0 Å². The van der Waals surface area contributed by atoms with Gasteiger partial charge in [-0.15, -0.1) is 0 Å². The maximum absolute atomic E-state index is 11.5. The molecule has 0 bridgehead atoms. The number of carboxylic acids is 1. The quantitative estimate of drug-likeness (QED) is 0.777. The number of rotatable bonds is 2. The zero-order valence-electron chi connectivity index (χ0n) is 14.1. The molecule has 0 radical (unpaired) electrons. The molecular weight excluding hydrogens is 304 g/mol. The van der Waals surface area contributed by atoms with Crippen molar-refractivity contribution in [3.05, 3.63) is 29.3 Å². The van der Waals surface area contributed by atoms with Crippen molar-refractivity contribution >= 4 is 5.97 Å². The lowest BCUT2D eigenvalue weighted by Gasteiger charge is -2.52. The number of carboxylic acid groups (broad SMARTS) is 1. The van der Waals surface area contributed by atoms with E-state index in [-0.39, 0.29) is 29.6 Å². The van der Waals surface area contributed by atoms with Gasteiger partial charge >= 0.3 is 5.97 Å². The van der Waals surface area contributed by atoms with Crippen LogP contribution in [0.25, 0.3) is 0 Å². The van der Waals surface area contributed by atoms with E-state index in [9.17, 15) is 20.1 Å². The Kier molecular flexibility index (Phi) is 3.64. The van der Waals surface area contributed by atoms with E-state index in [1.807, 2.05) is 12.1 Å².